The topological polar surface area (TPSA) is 117 Å². The number of benzene rings is 1. The molecule has 2 aromatic rings. The molecule has 0 aliphatic rings. The predicted molar refractivity (Wildman–Crippen MR) is 65.7 cm³/mol. The molecule has 0 fully saturated rings. The number of nitrogens with zero attached hydrogens (tertiary/aromatic N) is 3. The molecule has 8 heteroatoms. The summed E-state index contributed by atoms with van der Waals surface area (Å²) in [5, 5.41) is 14.5. The quantitative estimate of drug-likeness (QED) is 0.635. The molecule has 100 valence electrons. The van der Waals surface area contributed by atoms with E-state index < -0.39 is 4.92 Å². The number of nitro groups is 1. The second kappa shape index (κ2) is 5.44. The summed E-state index contributed by atoms with van der Waals surface area (Å²) >= 11 is 0. The van der Waals surface area contributed by atoms with Crippen molar-refractivity contribution in [1.82, 2.24) is 10.1 Å². The van der Waals surface area contributed by atoms with Crippen molar-refractivity contribution in [2.24, 2.45) is 5.73 Å². The van der Waals surface area contributed by atoms with Gasteiger partial charge in [0.1, 0.15) is 0 Å². The molecule has 8 nitrogen and oxygen atoms in total. The maximum Gasteiger partial charge on any atom is 0.310 e. The minimum absolute atomic E-state index is 0.118. The van der Waals surface area contributed by atoms with E-state index >= 15 is 0 Å². The summed E-state index contributed by atoms with van der Waals surface area (Å²) in [5.41, 5.74) is 5.83. The van der Waals surface area contributed by atoms with Gasteiger partial charge in [-0.15, -0.1) is 0 Å². The number of nitro benzene ring substituents is 1. The van der Waals surface area contributed by atoms with E-state index in [9.17, 15) is 10.1 Å². The molecule has 0 aliphatic carbocycles. The molecule has 1 aromatic heterocycles. The lowest BCUT2D eigenvalue weighted by Gasteiger charge is -2.02. The van der Waals surface area contributed by atoms with E-state index in [1.165, 1.54) is 25.3 Å². The summed E-state index contributed by atoms with van der Waals surface area (Å²) in [6.45, 7) is 0.419. The van der Waals surface area contributed by atoms with Crippen LogP contribution in [0.4, 0.5) is 5.69 Å². The molecule has 1 aromatic carbocycles. The molecule has 0 radical (unpaired) electrons. The highest BCUT2D eigenvalue weighted by Crippen LogP contribution is 2.31. The van der Waals surface area contributed by atoms with Crippen molar-refractivity contribution in [2.45, 2.75) is 6.42 Å². The van der Waals surface area contributed by atoms with Crippen LogP contribution in [0.25, 0.3) is 11.5 Å². The molecule has 0 aliphatic heterocycles. The molecule has 0 saturated heterocycles. The lowest BCUT2D eigenvalue weighted by atomic mass is 10.2. The van der Waals surface area contributed by atoms with Crippen molar-refractivity contribution in [3.8, 4) is 17.2 Å². The second-order valence-corrected chi connectivity index (χ2v) is 3.70. The van der Waals surface area contributed by atoms with Crippen LogP contribution < -0.4 is 10.5 Å². The van der Waals surface area contributed by atoms with Gasteiger partial charge in [0.2, 0.25) is 0 Å². The molecule has 1 heterocycles. The molecule has 0 atom stereocenters. The molecular formula is C11H12N4O4. The third kappa shape index (κ3) is 2.68. The number of hydrogen-bond acceptors (Lipinski definition) is 7. The first-order chi connectivity index (χ1) is 9.15. The summed E-state index contributed by atoms with van der Waals surface area (Å²) < 4.78 is 10.0. The van der Waals surface area contributed by atoms with Crippen molar-refractivity contribution in [3.05, 3.63) is 34.1 Å². The minimum Gasteiger partial charge on any atom is -0.490 e. The zero-order chi connectivity index (χ0) is 13.8. The Morgan fingerprint density at radius 2 is 2.32 bits per heavy atom. The van der Waals surface area contributed by atoms with Crippen LogP contribution in [0.15, 0.2) is 22.7 Å². The number of methoxy groups -OCH3 is 1. The molecule has 19 heavy (non-hydrogen) atoms. The largest absolute Gasteiger partial charge is 0.490 e. The van der Waals surface area contributed by atoms with Gasteiger partial charge in [-0.1, -0.05) is 5.16 Å². The Kier molecular flexibility index (Phi) is 3.71. The van der Waals surface area contributed by atoms with Crippen LogP contribution in [0.2, 0.25) is 0 Å². The van der Waals surface area contributed by atoms with Crippen LogP contribution in [-0.4, -0.2) is 28.7 Å². The Bertz CT molecular complexity index is 596. The van der Waals surface area contributed by atoms with Crippen LogP contribution in [-0.2, 0) is 6.42 Å². The first-order valence-corrected chi connectivity index (χ1v) is 5.51. The summed E-state index contributed by atoms with van der Waals surface area (Å²) in [5.74, 6) is 0.910. The lowest BCUT2D eigenvalue weighted by Crippen LogP contribution is -2.03. The fraction of sp³-hybridized carbons (Fsp3) is 0.273. The van der Waals surface area contributed by atoms with Crippen LogP contribution >= 0.6 is 0 Å². The number of rotatable bonds is 5. The average molecular weight is 264 g/mol. The van der Waals surface area contributed by atoms with Gasteiger partial charge in [-0.3, -0.25) is 10.1 Å². The summed E-state index contributed by atoms with van der Waals surface area (Å²) in [7, 11) is 1.36. The van der Waals surface area contributed by atoms with E-state index in [2.05, 4.69) is 10.1 Å². The predicted octanol–water partition coefficient (Wildman–Crippen LogP) is 1.15. The van der Waals surface area contributed by atoms with Gasteiger partial charge in [0.05, 0.1) is 12.0 Å². The van der Waals surface area contributed by atoms with Crippen LogP contribution in [0.3, 0.4) is 0 Å². The zero-order valence-electron chi connectivity index (χ0n) is 10.2. The third-order valence-corrected chi connectivity index (χ3v) is 2.46. The normalized spacial score (nSPS) is 10.4. The van der Waals surface area contributed by atoms with Gasteiger partial charge in [0.25, 0.3) is 5.89 Å². The Balaban J connectivity index is 2.36. The zero-order valence-corrected chi connectivity index (χ0v) is 10.2. The van der Waals surface area contributed by atoms with Gasteiger partial charge in [0, 0.05) is 24.1 Å². The van der Waals surface area contributed by atoms with Gasteiger partial charge in [-0.25, -0.2) is 0 Å². The van der Waals surface area contributed by atoms with Crippen molar-refractivity contribution in [1.29, 1.82) is 0 Å². The standard InChI is InChI=1S/C11H12N4O4/c1-18-9-6-7(2-3-8(9)15(16)17)11-13-10(4-5-12)14-19-11/h2-3,6H,4-5,12H2,1H3. The monoisotopic (exact) mass is 264 g/mol. The number of nitrogens with two attached hydrogens (primary N) is 1. The molecule has 0 spiro atoms. The summed E-state index contributed by atoms with van der Waals surface area (Å²) in [6, 6.07) is 4.35. The second-order valence-electron chi connectivity index (χ2n) is 3.70. The highest BCUT2D eigenvalue weighted by molar-refractivity contribution is 5.61. The number of ether oxygens (including phenoxy) is 1. The summed E-state index contributed by atoms with van der Waals surface area (Å²) in [4.78, 5) is 14.4. The third-order valence-electron chi connectivity index (χ3n) is 2.46. The number of hydrogen-bond donors (Lipinski definition) is 1. The first-order valence-electron chi connectivity index (χ1n) is 5.51. The smallest absolute Gasteiger partial charge is 0.310 e. The van der Waals surface area contributed by atoms with Gasteiger partial charge in [0.15, 0.2) is 11.6 Å². The summed E-state index contributed by atoms with van der Waals surface area (Å²) in [6.07, 6.45) is 0.508. The molecule has 0 unspecified atom stereocenters. The van der Waals surface area contributed by atoms with E-state index in [0.717, 1.165) is 0 Å². The molecule has 2 N–H and O–H groups in total. The molecule has 0 bridgehead atoms. The Morgan fingerprint density at radius 3 is 2.95 bits per heavy atom. The molecular weight excluding hydrogens is 252 g/mol. The maximum absolute atomic E-state index is 10.8. The average Bonchev–Trinajstić information content (AvgIpc) is 2.87. The van der Waals surface area contributed by atoms with Crippen LogP contribution in [0, 0.1) is 10.1 Å². The fourth-order valence-corrected chi connectivity index (χ4v) is 1.56. The SMILES string of the molecule is COc1cc(-c2nc(CCN)no2)ccc1[N+](=O)[O-]. The van der Waals surface area contributed by atoms with Crippen molar-refractivity contribution >= 4 is 5.69 Å². The van der Waals surface area contributed by atoms with Crippen LogP contribution in [0.1, 0.15) is 5.82 Å². The van der Waals surface area contributed by atoms with E-state index in [1.54, 1.807) is 0 Å². The van der Waals surface area contributed by atoms with E-state index in [-0.39, 0.29) is 17.3 Å². The van der Waals surface area contributed by atoms with Gasteiger partial charge >= 0.3 is 5.69 Å². The van der Waals surface area contributed by atoms with Crippen molar-refractivity contribution < 1.29 is 14.2 Å². The lowest BCUT2D eigenvalue weighted by molar-refractivity contribution is -0.385. The molecule has 2 rings (SSSR count). The van der Waals surface area contributed by atoms with Crippen molar-refractivity contribution in [3.63, 3.8) is 0 Å². The molecule has 0 amide bonds. The van der Waals surface area contributed by atoms with E-state index in [1.807, 2.05) is 0 Å². The first kappa shape index (κ1) is 13.0. The molecule has 0 saturated carbocycles. The van der Waals surface area contributed by atoms with E-state index in [0.29, 0.717) is 24.4 Å². The maximum atomic E-state index is 10.8. The van der Waals surface area contributed by atoms with Gasteiger partial charge in [-0.2, -0.15) is 4.98 Å². The minimum atomic E-state index is -0.518. The highest BCUT2D eigenvalue weighted by atomic mass is 16.6. The van der Waals surface area contributed by atoms with Gasteiger partial charge in [-0.05, 0) is 12.6 Å². The van der Waals surface area contributed by atoms with Gasteiger partial charge < -0.3 is 15.0 Å². The fourth-order valence-electron chi connectivity index (χ4n) is 1.56. The Hall–Kier alpha value is -2.48. The van der Waals surface area contributed by atoms with E-state index in [4.69, 9.17) is 15.0 Å². The van der Waals surface area contributed by atoms with Crippen LogP contribution in [0.5, 0.6) is 5.75 Å². The highest BCUT2D eigenvalue weighted by Gasteiger charge is 2.17. The van der Waals surface area contributed by atoms with Crippen molar-refractivity contribution in [2.75, 3.05) is 13.7 Å². The Labute approximate surface area is 108 Å². The number of aromatic nitrogens is 2. The Morgan fingerprint density at radius 1 is 1.53 bits per heavy atom.